The molecule has 0 unspecified atom stereocenters. The molecule has 0 bridgehead atoms. The van der Waals surface area contributed by atoms with Crippen molar-refractivity contribution in [3.05, 3.63) is 247 Å². The van der Waals surface area contributed by atoms with Crippen LogP contribution >= 0.6 is 15.8 Å². The maximum absolute atomic E-state index is 8.16. The van der Waals surface area contributed by atoms with Gasteiger partial charge in [0.25, 0.3) is 0 Å². The fourth-order valence-corrected chi connectivity index (χ4v) is 11.6. The van der Waals surface area contributed by atoms with Gasteiger partial charge in [0.2, 0.25) is 0 Å². The Kier molecular flexibility index (Phi) is 17.9. The van der Waals surface area contributed by atoms with E-state index in [0.717, 1.165) is 23.1 Å². The minimum absolute atomic E-state index is 0. The third-order valence-electron chi connectivity index (χ3n) is 9.80. The maximum Gasteiger partial charge on any atom is 3.00 e. The Hall–Kier alpha value is -5.33. The molecule has 0 aliphatic carbocycles. The zero-order valence-corrected chi connectivity index (χ0v) is 38.8. The van der Waals surface area contributed by atoms with Crippen LogP contribution < -0.4 is 21.2 Å². The smallest absolute Gasteiger partial charge is 0.697 e. The van der Waals surface area contributed by atoms with Crippen LogP contribution in [0.4, 0.5) is 0 Å². The minimum atomic E-state index is -0.783. The van der Waals surface area contributed by atoms with Gasteiger partial charge in [-0.3, -0.25) is 4.98 Å². The van der Waals surface area contributed by atoms with Crippen molar-refractivity contribution in [1.29, 1.82) is 5.41 Å². The molecule has 0 amide bonds. The predicted molar refractivity (Wildman–Crippen MR) is 260 cm³/mol. The molecule has 300 valence electrons. The second-order valence-corrected chi connectivity index (χ2v) is 20.1. The first-order valence-corrected chi connectivity index (χ1v) is 23.4. The molecule has 0 aliphatic heterocycles. The normalized spacial score (nSPS) is 11.1. The van der Waals surface area contributed by atoms with Gasteiger partial charge < -0.3 is 11.1 Å². The van der Waals surface area contributed by atoms with Crippen molar-refractivity contribution in [2.75, 3.05) is 0 Å². The van der Waals surface area contributed by atoms with E-state index in [1.54, 1.807) is 12.3 Å². The van der Waals surface area contributed by atoms with Crippen LogP contribution in [-0.2, 0) is 32.4 Å². The largest absolute Gasteiger partial charge is 3.00 e. The molecule has 60 heavy (non-hydrogen) atoms. The summed E-state index contributed by atoms with van der Waals surface area (Å²) in [7, 11) is -1.57. The first kappa shape index (κ1) is 45.7. The van der Waals surface area contributed by atoms with Gasteiger partial charge in [-0.25, -0.2) is 0 Å². The molecular weight excluding hydrogens is 945 g/mol. The SMILES string of the molecule is CC(C)(C)C(=N)/C=C(\[NH-])c1nccc2ccccc12.[Ir+3].[c-]1ccccc1C[PH+](c1ccccc1)c1ccccc1.[c-]1ccccc1C[PH+](c1ccccc1)c1ccccc1. The number of benzene rings is 7. The van der Waals surface area contributed by atoms with Gasteiger partial charge in [-0.2, -0.15) is 60.7 Å². The fourth-order valence-electron chi connectivity index (χ4n) is 6.52. The van der Waals surface area contributed by atoms with E-state index in [4.69, 9.17) is 11.1 Å². The Balaban J connectivity index is 0.000000169. The van der Waals surface area contributed by atoms with Gasteiger partial charge >= 0.3 is 20.1 Å². The molecular formula is C54H52IrN3P2+2. The molecule has 0 atom stereocenters. The summed E-state index contributed by atoms with van der Waals surface area (Å²) in [4.78, 5) is 4.29. The molecule has 0 spiro atoms. The van der Waals surface area contributed by atoms with Crippen molar-refractivity contribution in [2.24, 2.45) is 5.41 Å². The molecule has 1 heterocycles. The van der Waals surface area contributed by atoms with Gasteiger partial charge in [-0.05, 0) is 60.0 Å². The van der Waals surface area contributed by atoms with Crippen molar-refractivity contribution < 1.29 is 20.1 Å². The third-order valence-corrected chi connectivity index (χ3v) is 15.4. The number of hydrogen-bond acceptors (Lipinski definition) is 2. The van der Waals surface area contributed by atoms with Gasteiger partial charge in [0.15, 0.2) is 0 Å². The molecule has 0 saturated carbocycles. The van der Waals surface area contributed by atoms with Gasteiger partial charge in [0.05, 0.1) is 55.1 Å². The first-order chi connectivity index (χ1) is 28.8. The number of fused-ring (bicyclic) bond motifs is 1. The topological polar surface area (TPSA) is 60.5 Å². The molecule has 2 N–H and O–H groups in total. The van der Waals surface area contributed by atoms with Crippen LogP contribution in [0.1, 0.15) is 37.6 Å². The number of rotatable bonds is 10. The zero-order chi connectivity index (χ0) is 41.3. The van der Waals surface area contributed by atoms with Crippen molar-refractivity contribution in [3.63, 3.8) is 0 Å². The number of pyridine rings is 1. The Morgan fingerprint density at radius 3 is 1.32 bits per heavy atom. The molecule has 0 saturated heterocycles. The summed E-state index contributed by atoms with van der Waals surface area (Å²) in [6.07, 6.45) is 5.47. The molecule has 0 fully saturated rings. The van der Waals surface area contributed by atoms with Crippen LogP contribution in [-0.4, -0.2) is 10.7 Å². The van der Waals surface area contributed by atoms with Crippen LogP contribution in [0.2, 0.25) is 0 Å². The third kappa shape index (κ3) is 13.6. The van der Waals surface area contributed by atoms with E-state index in [9.17, 15) is 0 Å². The summed E-state index contributed by atoms with van der Waals surface area (Å²) in [5, 5.41) is 15.9. The molecule has 1 aromatic heterocycles. The van der Waals surface area contributed by atoms with E-state index in [0.29, 0.717) is 11.4 Å². The van der Waals surface area contributed by atoms with Crippen molar-refractivity contribution in [2.45, 2.75) is 33.1 Å². The number of aromatic nitrogens is 1. The van der Waals surface area contributed by atoms with E-state index < -0.39 is 15.8 Å². The van der Waals surface area contributed by atoms with Gasteiger partial charge in [-0.1, -0.05) is 124 Å². The van der Waals surface area contributed by atoms with Gasteiger partial charge in [0.1, 0.15) is 0 Å². The molecule has 0 aliphatic rings. The predicted octanol–water partition coefficient (Wildman–Crippen LogP) is 12.4. The fraction of sp³-hybridized carbons (Fsp3) is 0.111. The number of nitrogens with zero attached hydrogens (tertiary/aromatic N) is 1. The zero-order valence-electron chi connectivity index (χ0n) is 34.4. The quantitative estimate of drug-likeness (QED) is 0.0828. The number of allylic oxidation sites excluding steroid dienone is 1. The summed E-state index contributed by atoms with van der Waals surface area (Å²) in [5.74, 6) is 0. The minimum Gasteiger partial charge on any atom is -0.697 e. The average Bonchev–Trinajstić information content (AvgIpc) is 3.29. The number of nitrogens with one attached hydrogen (secondary N) is 2. The average molecular weight is 997 g/mol. The molecule has 7 aromatic carbocycles. The number of hydrogen-bond donors (Lipinski definition) is 1. The summed E-state index contributed by atoms with van der Waals surface area (Å²) in [6, 6.07) is 76.6. The Morgan fingerprint density at radius 2 is 0.933 bits per heavy atom. The van der Waals surface area contributed by atoms with E-state index in [2.05, 4.69) is 163 Å². The first-order valence-electron chi connectivity index (χ1n) is 20.0. The van der Waals surface area contributed by atoms with Crippen molar-refractivity contribution >= 4 is 59.2 Å². The van der Waals surface area contributed by atoms with E-state index in [-0.39, 0.29) is 31.2 Å². The van der Waals surface area contributed by atoms with Crippen molar-refractivity contribution in [1.82, 2.24) is 4.98 Å². The Morgan fingerprint density at radius 1 is 0.550 bits per heavy atom. The summed E-state index contributed by atoms with van der Waals surface area (Å²) < 4.78 is 0. The standard InChI is InChI=1S/2C19H16P.C16H18N3.Ir/c2*1-4-10-17(11-5-1)16-20(18-12-6-2-7-13-18)19-14-8-3-9-15-19;1-16(2,3)14(18)10-13(17)15-12-7-5-4-6-11(12)8-9-19-15;/h2*1-10,12-15H,16H2;4-10,17-18H,1-3H3;/q3*-1;+3/p+2/b;;13-10-,18-14?;. The molecule has 8 aromatic rings. The molecule has 6 heteroatoms. The summed E-state index contributed by atoms with van der Waals surface area (Å²) in [5.41, 5.74) is 11.9. The van der Waals surface area contributed by atoms with Crippen LogP contribution in [0.3, 0.4) is 0 Å². The maximum atomic E-state index is 8.16. The van der Waals surface area contributed by atoms with Crippen LogP contribution in [0.5, 0.6) is 0 Å². The molecule has 3 nitrogen and oxygen atoms in total. The monoisotopic (exact) mass is 997 g/mol. The van der Waals surface area contributed by atoms with E-state index in [1.165, 1.54) is 32.3 Å². The second kappa shape index (κ2) is 23.5. The molecule has 8 rings (SSSR count). The van der Waals surface area contributed by atoms with Gasteiger partial charge in [-0.15, -0.1) is 16.8 Å². The summed E-state index contributed by atoms with van der Waals surface area (Å²) in [6.45, 7) is 5.90. The van der Waals surface area contributed by atoms with Gasteiger partial charge in [0, 0.05) is 22.7 Å². The second-order valence-electron chi connectivity index (χ2n) is 15.2. The Labute approximate surface area is 373 Å². The van der Waals surface area contributed by atoms with E-state index in [1.807, 2.05) is 75.4 Å². The Bertz CT molecular complexity index is 2290. The summed E-state index contributed by atoms with van der Waals surface area (Å²) >= 11 is 0. The molecule has 0 radical (unpaired) electrons. The van der Waals surface area contributed by atoms with E-state index >= 15 is 0 Å². The van der Waals surface area contributed by atoms with Crippen molar-refractivity contribution in [3.8, 4) is 0 Å². The van der Waals surface area contributed by atoms with Crippen LogP contribution in [0, 0.1) is 23.0 Å². The van der Waals surface area contributed by atoms with Crippen LogP contribution in [0.25, 0.3) is 22.2 Å². The van der Waals surface area contributed by atoms with Crippen LogP contribution in [0.15, 0.2) is 212 Å².